The first kappa shape index (κ1) is 20.4. The predicted octanol–water partition coefficient (Wildman–Crippen LogP) is 3.91. The van der Waals surface area contributed by atoms with E-state index in [0.29, 0.717) is 5.76 Å². The third kappa shape index (κ3) is 3.70. The molecule has 0 aliphatic carbocycles. The lowest BCUT2D eigenvalue weighted by Crippen LogP contribution is -2.53. The van der Waals surface area contributed by atoms with Crippen LogP contribution >= 0.6 is 0 Å². The van der Waals surface area contributed by atoms with Crippen LogP contribution < -0.4 is 5.32 Å². The Hall–Kier alpha value is -3.87. The van der Waals surface area contributed by atoms with Crippen molar-refractivity contribution < 1.29 is 18.8 Å². The molecule has 1 saturated heterocycles. The molecule has 1 N–H and O–H groups in total. The second-order valence-electron chi connectivity index (χ2n) is 7.43. The number of nitrogens with zero attached hydrogens (tertiary/aromatic N) is 2. The summed E-state index contributed by atoms with van der Waals surface area (Å²) in [6.07, 6.45) is 3.90. The zero-order valence-electron chi connectivity index (χ0n) is 17.6. The summed E-state index contributed by atoms with van der Waals surface area (Å²) >= 11 is 0. The summed E-state index contributed by atoms with van der Waals surface area (Å²) in [5.41, 5.74) is 4.81. The molecule has 4 amide bonds. The fourth-order valence-corrected chi connectivity index (χ4v) is 3.88. The van der Waals surface area contributed by atoms with E-state index < -0.39 is 17.8 Å². The van der Waals surface area contributed by atoms with Crippen molar-refractivity contribution in [1.29, 1.82) is 0 Å². The number of carbonyl (C=O) groups is 3. The minimum Gasteiger partial charge on any atom is -0.467 e. The molecule has 7 nitrogen and oxygen atoms in total. The monoisotopic (exact) mass is 417 g/mol. The first-order valence-electron chi connectivity index (χ1n) is 10.1. The van der Waals surface area contributed by atoms with Crippen molar-refractivity contribution in [2.24, 2.45) is 0 Å². The van der Waals surface area contributed by atoms with Crippen molar-refractivity contribution in [3.63, 3.8) is 0 Å². The van der Waals surface area contributed by atoms with Crippen LogP contribution in [0.2, 0.25) is 0 Å². The van der Waals surface area contributed by atoms with E-state index in [0.717, 1.165) is 34.0 Å². The average molecular weight is 417 g/mol. The molecule has 7 heteroatoms. The van der Waals surface area contributed by atoms with E-state index in [9.17, 15) is 14.4 Å². The highest BCUT2D eigenvalue weighted by Gasteiger charge is 2.36. The van der Waals surface area contributed by atoms with Crippen LogP contribution in [0.5, 0.6) is 0 Å². The van der Waals surface area contributed by atoms with Gasteiger partial charge in [-0.25, -0.2) is 4.79 Å². The van der Waals surface area contributed by atoms with Crippen molar-refractivity contribution in [3.8, 4) is 5.69 Å². The Morgan fingerprint density at radius 2 is 1.84 bits per heavy atom. The maximum atomic E-state index is 13.0. The van der Waals surface area contributed by atoms with E-state index >= 15 is 0 Å². The van der Waals surface area contributed by atoms with Gasteiger partial charge in [0.15, 0.2) is 0 Å². The molecule has 1 aliphatic heterocycles. The number of barbiturate groups is 1. The van der Waals surface area contributed by atoms with E-state index in [1.165, 1.54) is 11.8 Å². The summed E-state index contributed by atoms with van der Waals surface area (Å²) in [5, 5.41) is 2.24. The first-order chi connectivity index (χ1) is 14.9. The molecular weight excluding hydrogens is 394 g/mol. The second-order valence-corrected chi connectivity index (χ2v) is 7.43. The number of hydrogen-bond donors (Lipinski definition) is 1. The lowest BCUT2D eigenvalue weighted by molar-refractivity contribution is -0.130. The van der Waals surface area contributed by atoms with E-state index in [-0.39, 0.29) is 12.1 Å². The predicted molar refractivity (Wildman–Crippen MR) is 115 cm³/mol. The van der Waals surface area contributed by atoms with Gasteiger partial charge < -0.3 is 8.98 Å². The van der Waals surface area contributed by atoms with Crippen molar-refractivity contribution >= 4 is 23.9 Å². The number of imide groups is 2. The fraction of sp³-hybridized carbons (Fsp3) is 0.208. The van der Waals surface area contributed by atoms with Gasteiger partial charge in [0.05, 0.1) is 12.8 Å². The van der Waals surface area contributed by atoms with Crippen LogP contribution in [-0.2, 0) is 22.6 Å². The Labute approximate surface area is 180 Å². The summed E-state index contributed by atoms with van der Waals surface area (Å²) in [5.74, 6) is -0.903. The highest BCUT2D eigenvalue weighted by molar-refractivity contribution is 6.31. The normalized spacial score (nSPS) is 15.6. The van der Waals surface area contributed by atoms with E-state index in [4.69, 9.17) is 4.42 Å². The summed E-state index contributed by atoms with van der Waals surface area (Å²) in [7, 11) is 0. The largest absolute Gasteiger partial charge is 0.467 e. The highest BCUT2D eigenvalue weighted by atomic mass is 16.3. The van der Waals surface area contributed by atoms with Crippen LogP contribution in [0.25, 0.3) is 11.8 Å². The van der Waals surface area contributed by atoms with Crippen LogP contribution in [-0.4, -0.2) is 27.3 Å². The molecule has 158 valence electrons. The zero-order chi connectivity index (χ0) is 22.1. The minimum absolute atomic E-state index is 0.0504. The molecule has 2 aromatic heterocycles. The maximum Gasteiger partial charge on any atom is 0.331 e. The van der Waals surface area contributed by atoms with Crippen molar-refractivity contribution in [2.45, 2.75) is 33.7 Å². The Morgan fingerprint density at radius 1 is 1.06 bits per heavy atom. The number of aromatic nitrogens is 1. The standard InChI is InChI=1S/C24H23N3O4/c1-4-17-8-5-6-10-21(17)27-15(2)12-18(16(27)3)13-20-22(28)25-24(30)26(23(20)29)14-19-9-7-11-31-19/h5-13H,4,14H2,1-3H3,(H,25,28,30). The second kappa shape index (κ2) is 8.10. The molecule has 4 rings (SSSR count). The Balaban J connectivity index is 1.73. The number of benzene rings is 1. The summed E-state index contributed by atoms with van der Waals surface area (Å²) < 4.78 is 7.35. The van der Waals surface area contributed by atoms with E-state index in [2.05, 4.69) is 28.9 Å². The van der Waals surface area contributed by atoms with Crippen molar-refractivity contribution in [2.75, 3.05) is 0 Å². The molecule has 0 unspecified atom stereocenters. The summed E-state index contributed by atoms with van der Waals surface area (Å²) in [6, 6.07) is 12.7. The fourth-order valence-electron chi connectivity index (χ4n) is 3.88. The molecule has 0 spiro atoms. The molecular formula is C24H23N3O4. The van der Waals surface area contributed by atoms with Gasteiger partial charge in [0.1, 0.15) is 11.3 Å². The van der Waals surface area contributed by atoms with Gasteiger partial charge >= 0.3 is 6.03 Å². The minimum atomic E-state index is -0.758. The third-order valence-corrected chi connectivity index (χ3v) is 5.46. The van der Waals surface area contributed by atoms with Gasteiger partial charge in [-0.3, -0.25) is 19.8 Å². The number of urea groups is 1. The molecule has 1 aromatic carbocycles. The van der Waals surface area contributed by atoms with Crippen LogP contribution in [0.1, 0.15) is 35.2 Å². The van der Waals surface area contributed by atoms with Crippen LogP contribution in [0.4, 0.5) is 4.79 Å². The summed E-state index contributed by atoms with van der Waals surface area (Å²) in [6.45, 7) is 5.98. The van der Waals surface area contributed by atoms with Gasteiger partial charge in [-0.05, 0) is 61.7 Å². The van der Waals surface area contributed by atoms with Gasteiger partial charge in [-0.2, -0.15) is 0 Å². The molecule has 1 fully saturated rings. The number of carbonyl (C=O) groups excluding carboxylic acids is 3. The molecule has 3 heterocycles. The van der Waals surface area contributed by atoms with Crippen LogP contribution in [0, 0.1) is 13.8 Å². The number of aryl methyl sites for hydroxylation is 2. The van der Waals surface area contributed by atoms with Gasteiger partial charge in [0, 0.05) is 17.1 Å². The number of rotatable bonds is 5. The number of furan rings is 1. The molecule has 0 bridgehead atoms. The Kier molecular flexibility index (Phi) is 5.33. The first-order valence-corrected chi connectivity index (χ1v) is 10.1. The van der Waals surface area contributed by atoms with Gasteiger partial charge in [-0.15, -0.1) is 0 Å². The Morgan fingerprint density at radius 3 is 2.55 bits per heavy atom. The smallest absolute Gasteiger partial charge is 0.331 e. The van der Waals surface area contributed by atoms with E-state index in [1.54, 1.807) is 18.2 Å². The third-order valence-electron chi connectivity index (χ3n) is 5.46. The average Bonchev–Trinajstić information content (AvgIpc) is 3.36. The topological polar surface area (TPSA) is 84.6 Å². The van der Waals surface area contributed by atoms with Crippen LogP contribution in [0.3, 0.4) is 0 Å². The zero-order valence-corrected chi connectivity index (χ0v) is 17.6. The molecule has 0 saturated carbocycles. The SMILES string of the molecule is CCc1ccccc1-n1c(C)cc(C=C2C(=O)NC(=O)N(Cc3ccco3)C2=O)c1C. The lowest BCUT2D eigenvalue weighted by Gasteiger charge is -2.25. The molecule has 3 aromatic rings. The highest BCUT2D eigenvalue weighted by Crippen LogP contribution is 2.26. The van der Waals surface area contributed by atoms with Gasteiger partial charge in [-0.1, -0.05) is 25.1 Å². The number of hydrogen-bond acceptors (Lipinski definition) is 4. The molecule has 0 atom stereocenters. The lowest BCUT2D eigenvalue weighted by atomic mass is 10.1. The summed E-state index contributed by atoms with van der Waals surface area (Å²) in [4.78, 5) is 38.6. The van der Waals surface area contributed by atoms with Crippen molar-refractivity contribution in [3.05, 3.63) is 82.6 Å². The number of amides is 4. The molecule has 0 radical (unpaired) electrons. The van der Waals surface area contributed by atoms with Crippen LogP contribution in [0.15, 0.2) is 58.7 Å². The van der Waals surface area contributed by atoms with Gasteiger partial charge in [0.25, 0.3) is 11.8 Å². The maximum absolute atomic E-state index is 13.0. The molecule has 1 aliphatic rings. The number of nitrogens with one attached hydrogen (secondary N) is 1. The Bertz CT molecular complexity index is 1200. The quantitative estimate of drug-likeness (QED) is 0.504. The van der Waals surface area contributed by atoms with E-state index in [1.807, 2.05) is 32.0 Å². The molecule has 31 heavy (non-hydrogen) atoms. The van der Waals surface area contributed by atoms with Gasteiger partial charge in [0.2, 0.25) is 0 Å². The number of para-hydroxylation sites is 1. The van der Waals surface area contributed by atoms with Crippen molar-refractivity contribution in [1.82, 2.24) is 14.8 Å².